The van der Waals surface area contributed by atoms with Gasteiger partial charge in [-0.2, -0.15) is 0 Å². The van der Waals surface area contributed by atoms with Gasteiger partial charge in [-0.05, 0) is 97.6 Å². The van der Waals surface area contributed by atoms with E-state index in [-0.39, 0.29) is 10.8 Å². The third kappa shape index (κ3) is 4.72. The fourth-order valence-electron chi connectivity index (χ4n) is 9.90. The van der Waals surface area contributed by atoms with Crippen molar-refractivity contribution < 1.29 is 0 Å². The summed E-state index contributed by atoms with van der Waals surface area (Å²) < 4.78 is 2.67. The number of anilines is 3. The first-order valence-corrected chi connectivity index (χ1v) is 20.5. The van der Waals surface area contributed by atoms with Crippen LogP contribution in [0.5, 0.6) is 0 Å². The molecule has 0 bridgehead atoms. The summed E-state index contributed by atoms with van der Waals surface area (Å²) in [6.45, 7) is 9.47. The molecule has 0 amide bonds. The molecule has 0 unspecified atom stereocenters. The molecule has 2 aliphatic rings. The molecule has 0 saturated carbocycles. The topological polar surface area (TPSA) is 3.24 Å². The zero-order valence-corrected chi connectivity index (χ0v) is 32.9. The number of para-hydroxylation sites is 1. The summed E-state index contributed by atoms with van der Waals surface area (Å²) in [6, 6.07) is 65.7. The van der Waals surface area contributed by atoms with Crippen molar-refractivity contribution in [1.29, 1.82) is 0 Å². The highest BCUT2D eigenvalue weighted by Gasteiger charge is 2.38. The van der Waals surface area contributed by atoms with Crippen LogP contribution in [0, 0.1) is 0 Å². The molecule has 0 spiro atoms. The fourth-order valence-corrected chi connectivity index (χ4v) is 11.1. The van der Waals surface area contributed by atoms with Crippen molar-refractivity contribution in [2.75, 3.05) is 4.90 Å². The van der Waals surface area contributed by atoms with Crippen molar-refractivity contribution >= 4 is 48.6 Å². The van der Waals surface area contributed by atoms with Crippen molar-refractivity contribution in [1.82, 2.24) is 0 Å². The van der Waals surface area contributed by atoms with Gasteiger partial charge in [-0.25, -0.2) is 0 Å². The number of fused-ring (bicyclic) bond motifs is 9. The highest BCUT2D eigenvalue weighted by atomic mass is 32.1. The normalized spacial score (nSPS) is 14.4. The summed E-state index contributed by atoms with van der Waals surface area (Å²) in [4.78, 5) is 2.49. The SMILES string of the molecule is CC1(C)c2ccccc2-c2ccc(N(c3ccc(-c4cccc5c4sc4ccccc45)cc3)c3ccccc3-c3cccc4c3-c3ccccc3C4(C)C)cc21. The zero-order chi connectivity index (χ0) is 37.8. The molecular formula is C54H41NS. The number of thiophene rings is 1. The maximum absolute atomic E-state index is 2.49. The smallest absolute Gasteiger partial charge is 0.0540 e. The molecule has 2 aliphatic carbocycles. The molecule has 1 aromatic heterocycles. The Labute approximate surface area is 333 Å². The summed E-state index contributed by atoms with van der Waals surface area (Å²) in [5.74, 6) is 0. The summed E-state index contributed by atoms with van der Waals surface area (Å²) in [7, 11) is 0. The second kappa shape index (κ2) is 12.1. The van der Waals surface area contributed by atoms with Crippen molar-refractivity contribution in [3.63, 3.8) is 0 Å². The Morgan fingerprint density at radius 2 is 0.946 bits per heavy atom. The molecule has 0 radical (unpaired) electrons. The summed E-state index contributed by atoms with van der Waals surface area (Å²) in [5, 5.41) is 2.65. The van der Waals surface area contributed by atoms with Crippen LogP contribution < -0.4 is 4.90 Å². The quantitative estimate of drug-likeness (QED) is 0.170. The van der Waals surface area contributed by atoms with Gasteiger partial charge in [0.15, 0.2) is 0 Å². The van der Waals surface area contributed by atoms with Crippen molar-refractivity contribution in [3.8, 4) is 44.5 Å². The van der Waals surface area contributed by atoms with Crippen LogP contribution in [0.15, 0.2) is 176 Å². The summed E-state index contributed by atoms with van der Waals surface area (Å²) >= 11 is 1.89. The molecule has 56 heavy (non-hydrogen) atoms. The van der Waals surface area contributed by atoms with E-state index in [9.17, 15) is 0 Å². The molecule has 0 saturated heterocycles. The second-order valence-electron chi connectivity index (χ2n) is 16.5. The van der Waals surface area contributed by atoms with E-state index < -0.39 is 0 Å². The van der Waals surface area contributed by atoms with E-state index in [1.165, 1.54) is 86.9 Å². The lowest BCUT2D eigenvalue weighted by Crippen LogP contribution is -2.17. The largest absolute Gasteiger partial charge is 0.310 e. The number of hydrogen-bond acceptors (Lipinski definition) is 2. The fraction of sp³-hybridized carbons (Fsp3) is 0.111. The Balaban J connectivity index is 1.11. The monoisotopic (exact) mass is 735 g/mol. The Bertz CT molecular complexity index is 3030. The van der Waals surface area contributed by atoms with Gasteiger partial charge in [-0.1, -0.05) is 167 Å². The Hall–Kier alpha value is -6.22. The highest BCUT2D eigenvalue weighted by Crippen LogP contribution is 2.55. The average molecular weight is 736 g/mol. The summed E-state index contributed by atoms with van der Waals surface area (Å²) in [5.41, 5.74) is 19.1. The van der Waals surface area contributed by atoms with Gasteiger partial charge in [-0.3, -0.25) is 0 Å². The first-order valence-electron chi connectivity index (χ1n) is 19.7. The van der Waals surface area contributed by atoms with Crippen LogP contribution in [-0.2, 0) is 10.8 Å². The minimum absolute atomic E-state index is 0.0791. The van der Waals surface area contributed by atoms with Gasteiger partial charge in [0.2, 0.25) is 0 Å². The standard InChI is InChI=1S/C54H41NS/c1-53(2)46-23-10-6-18-44(46)51-42(20-14-24-47(51)53)40-16-7-11-25-49(40)55(36-31-32-39-38-15-5-9-22-45(38)54(3,4)48(39)33-36)35-29-27-34(28-30-35)37-19-13-21-43-41-17-8-12-26-50(41)56-52(37)43/h5-33H,1-4H3. The lowest BCUT2D eigenvalue weighted by Gasteiger charge is -2.30. The van der Waals surface area contributed by atoms with Crippen LogP contribution in [0.1, 0.15) is 49.9 Å². The molecule has 1 nitrogen and oxygen atoms in total. The van der Waals surface area contributed by atoms with Crippen molar-refractivity contribution in [2.45, 2.75) is 38.5 Å². The maximum Gasteiger partial charge on any atom is 0.0540 e. The average Bonchev–Trinajstić information content (AvgIpc) is 3.81. The lowest BCUT2D eigenvalue weighted by molar-refractivity contribution is 0.660. The molecule has 0 atom stereocenters. The Kier molecular flexibility index (Phi) is 7.18. The first-order chi connectivity index (χ1) is 27.3. The van der Waals surface area contributed by atoms with Crippen LogP contribution in [0.4, 0.5) is 17.1 Å². The Morgan fingerprint density at radius 3 is 1.77 bits per heavy atom. The second-order valence-corrected chi connectivity index (χ2v) is 17.5. The van der Waals surface area contributed by atoms with E-state index in [2.05, 4.69) is 209 Å². The highest BCUT2D eigenvalue weighted by molar-refractivity contribution is 7.26. The predicted molar refractivity (Wildman–Crippen MR) is 240 cm³/mol. The van der Waals surface area contributed by atoms with Gasteiger partial charge in [-0.15, -0.1) is 11.3 Å². The molecule has 0 fully saturated rings. The van der Waals surface area contributed by atoms with E-state index in [0.29, 0.717) is 0 Å². The number of nitrogens with zero attached hydrogens (tertiary/aromatic N) is 1. The lowest BCUT2D eigenvalue weighted by atomic mass is 9.82. The first kappa shape index (κ1) is 33.1. The minimum atomic E-state index is -0.116. The molecule has 0 aliphatic heterocycles. The summed E-state index contributed by atoms with van der Waals surface area (Å²) in [6.07, 6.45) is 0. The molecule has 11 rings (SSSR count). The zero-order valence-electron chi connectivity index (χ0n) is 32.1. The number of hydrogen-bond donors (Lipinski definition) is 0. The van der Waals surface area contributed by atoms with Gasteiger partial charge >= 0.3 is 0 Å². The van der Waals surface area contributed by atoms with Gasteiger partial charge in [0.25, 0.3) is 0 Å². The predicted octanol–water partition coefficient (Wildman–Crippen LogP) is 15.5. The maximum atomic E-state index is 2.49. The van der Waals surface area contributed by atoms with Gasteiger partial charge < -0.3 is 4.90 Å². The van der Waals surface area contributed by atoms with Gasteiger partial charge in [0.1, 0.15) is 0 Å². The van der Waals surface area contributed by atoms with E-state index in [0.717, 1.165) is 17.1 Å². The third-order valence-electron chi connectivity index (χ3n) is 12.7. The molecule has 8 aromatic carbocycles. The minimum Gasteiger partial charge on any atom is -0.310 e. The van der Waals surface area contributed by atoms with E-state index >= 15 is 0 Å². The molecular weight excluding hydrogens is 695 g/mol. The van der Waals surface area contributed by atoms with E-state index in [1.807, 2.05) is 11.3 Å². The van der Waals surface area contributed by atoms with E-state index in [4.69, 9.17) is 0 Å². The number of rotatable bonds is 5. The molecule has 268 valence electrons. The van der Waals surface area contributed by atoms with Crippen molar-refractivity contribution in [3.05, 3.63) is 198 Å². The molecule has 0 N–H and O–H groups in total. The van der Waals surface area contributed by atoms with Crippen LogP contribution in [-0.4, -0.2) is 0 Å². The van der Waals surface area contributed by atoms with E-state index in [1.54, 1.807) is 0 Å². The third-order valence-corrected chi connectivity index (χ3v) is 13.9. The van der Waals surface area contributed by atoms with Crippen LogP contribution >= 0.6 is 11.3 Å². The van der Waals surface area contributed by atoms with Crippen molar-refractivity contribution in [2.24, 2.45) is 0 Å². The van der Waals surface area contributed by atoms with Gasteiger partial charge in [0, 0.05) is 47.9 Å². The Morgan fingerprint density at radius 1 is 0.393 bits per heavy atom. The van der Waals surface area contributed by atoms with Crippen LogP contribution in [0.3, 0.4) is 0 Å². The van der Waals surface area contributed by atoms with Crippen LogP contribution in [0.2, 0.25) is 0 Å². The molecule has 1 heterocycles. The molecule has 2 heteroatoms. The van der Waals surface area contributed by atoms with Gasteiger partial charge in [0.05, 0.1) is 5.69 Å². The molecule has 9 aromatic rings. The number of benzene rings is 8. The van der Waals surface area contributed by atoms with Crippen LogP contribution in [0.25, 0.3) is 64.7 Å².